The van der Waals surface area contributed by atoms with Gasteiger partial charge in [0.2, 0.25) is 0 Å². The molecule has 3 aromatic rings. The number of methoxy groups -OCH3 is 2. The molecule has 26 heavy (non-hydrogen) atoms. The Kier molecular flexibility index (Phi) is 5.81. The van der Waals surface area contributed by atoms with Gasteiger partial charge in [0.15, 0.2) is 11.5 Å². The molecular weight excluding hydrogens is 346 g/mol. The smallest absolute Gasteiger partial charge is 0.255 e. The predicted octanol–water partition coefficient (Wildman–Crippen LogP) is 5.11. The van der Waals surface area contributed by atoms with Crippen molar-refractivity contribution in [1.82, 2.24) is 0 Å². The molecule has 0 saturated heterocycles. The van der Waals surface area contributed by atoms with E-state index in [1.54, 1.807) is 44.2 Å². The molecule has 1 amide bonds. The summed E-state index contributed by atoms with van der Waals surface area (Å²) in [5, 5.41) is 2.98. The molecule has 132 valence electrons. The molecule has 0 fully saturated rings. The maximum absolute atomic E-state index is 12.7. The molecule has 0 aliphatic heterocycles. The fourth-order valence-corrected chi connectivity index (χ4v) is 3.37. The van der Waals surface area contributed by atoms with Crippen molar-refractivity contribution in [2.75, 3.05) is 19.5 Å². The highest BCUT2D eigenvalue weighted by Gasteiger charge is 2.13. The van der Waals surface area contributed by atoms with Gasteiger partial charge in [-0.1, -0.05) is 42.1 Å². The summed E-state index contributed by atoms with van der Waals surface area (Å²) in [6.07, 6.45) is 0. The molecule has 4 nitrogen and oxygen atoms in total. The Labute approximate surface area is 157 Å². The van der Waals surface area contributed by atoms with Crippen LogP contribution in [0.4, 0.5) is 5.69 Å². The highest BCUT2D eigenvalue weighted by atomic mass is 32.2. The van der Waals surface area contributed by atoms with Crippen LogP contribution in [0.25, 0.3) is 0 Å². The van der Waals surface area contributed by atoms with E-state index in [9.17, 15) is 4.79 Å². The van der Waals surface area contributed by atoms with Crippen molar-refractivity contribution in [3.63, 3.8) is 0 Å². The van der Waals surface area contributed by atoms with Gasteiger partial charge in [-0.2, -0.15) is 0 Å². The average molecular weight is 365 g/mol. The number of nitrogens with one attached hydrogen (secondary N) is 1. The van der Waals surface area contributed by atoms with Crippen molar-refractivity contribution in [2.24, 2.45) is 0 Å². The van der Waals surface area contributed by atoms with Gasteiger partial charge in [-0.25, -0.2) is 0 Å². The summed E-state index contributed by atoms with van der Waals surface area (Å²) in [7, 11) is 3.11. The van der Waals surface area contributed by atoms with Gasteiger partial charge < -0.3 is 14.8 Å². The van der Waals surface area contributed by atoms with Crippen molar-refractivity contribution in [2.45, 2.75) is 9.79 Å². The number of hydrogen-bond donors (Lipinski definition) is 1. The summed E-state index contributed by atoms with van der Waals surface area (Å²) in [6, 6.07) is 22.9. The highest BCUT2D eigenvalue weighted by molar-refractivity contribution is 7.99. The number of rotatable bonds is 6. The van der Waals surface area contributed by atoms with Crippen LogP contribution in [0.3, 0.4) is 0 Å². The maximum Gasteiger partial charge on any atom is 0.255 e. The molecule has 0 heterocycles. The van der Waals surface area contributed by atoms with Gasteiger partial charge in [0, 0.05) is 15.4 Å². The molecule has 0 aromatic heterocycles. The summed E-state index contributed by atoms with van der Waals surface area (Å²) in [6.45, 7) is 0. The van der Waals surface area contributed by atoms with E-state index in [4.69, 9.17) is 9.47 Å². The monoisotopic (exact) mass is 365 g/mol. The van der Waals surface area contributed by atoms with E-state index in [1.165, 1.54) is 0 Å². The second kappa shape index (κ2) is 8.45. The summed E-state index contributed by atoms with van der Waals surface area (Å²) < 4.78 is 10.5. The van der Waals surface area contributed by atoms with E-state index in [2.05, 4.69) is 5.32 Å². The molecule has 0 aliphatic rings. The molecular formula is C21H19NO3S. The zero-order valence-corrected chi connectivity index (χ0v) is 15.4. The first kappa shape index (κ1) is 17.9. The topological polar surface area (TPSA) is 47.6 Å². The zero-order chi connectivity index (χ0) is 18.4. The van der Waals surface area contributed by atoms with Crippen molar-refractivity contribution in [1.29, 1.82) is 0 Å². The van der Waals surface area contributed by atoms with E-state index in [0.717, 1.165) is 15.5 Å². The first-order valence-electron chi connectivity index (χ1n) is 8.06. The van der Waals surface area contributed by atoms with Crippen LogP contribution in [0.5, 0.6) is 11.5 Å². The first-order valence-corrected chi connectivity index (χ1v) is 8.88. The fourth-order valence-electron chi connectivity index (χ4n) is 2.45. The minimum atomic E-state index is -0.202. The van der Waals surface area contributed by atoms with Crippen molar-refractivity contribution < 1.29 is 14.3 Å². The van der Waals surface area contributed by atoms with Crippen LogP contribution in [0.15, 0.2) is 82.6 Å². The summed E-state index contributed by atoms with van der Waals surface area (Å²) in [5.74, 6) is 0.906. The molecule has 3 rings (SSSR count). The lowest BCUT2D eigenvalue weighted by molar-refractivity contribution is 0.102. The molecule has 5 heteroatoms. The third-order valence-electron chi connectivity index (χ3n) is 3.75. The van der Waals surface area contributed by atoms with Crippen LogP contribution in [-0.2, 0) is 0 Å². The lowest BCUT2D eigenvalue weighted by Crippen LogP contribution is -2.12. The molecule has 0 bridgehead atoms. The quantitative estimate of drug-likeness (QED) is 0.660. The van der Waals surface area contributed by atoms with Gasteiger partial charge in [-0.05, 0) is 42.5 Å². The Balaban J connectivity index is 1.82. The SMILES string of the molecule is COc1ccc(C(=O)Nc2ccccc2Sc2ccccc2)cc1OC. The zero-order valence-electron chi connectivity index (χ0n) is 14.6. The lowest BCUT2D eigenvalue weighted by atomic mass is 10.2. The van der Waals surface area contributed by atoms with Gasteiger partial charge in [0.25, 0.3) is 5.91 Å². The second-order valence-electron chi connectivity index (χ2n) is 5.44. The number of benzene rings is 3. The molecule has 3 aromatic carbocycles. The van der Waals surface area contributed by atoms with E-state index in [-0.39, 0.29) is 5.91 Å². The number of hydrogen-bond acceptors (Lipinski definition) is 4. The summed E-state index contributed by atoms with van der Waals surface area (Å²) in [4.78, 5) is 14.8. The Hall–Kier alpha value is -2.92. The minimum absolute atomic E-state index is 0.202. The minimum Gasteiger partial charge on any atom is -0.493 e. The second-order valence-corrected chi connectivity index (χ2v) is 6.55. The van der Waals surface area contributed by atoms with Crippen LogP contribution >= 0.6 is 11.8 Å². The van der Waals surface area contributed by atoms with Crippen LogP contribution < -0.4 is 14.8 Å². The third kappa shape index (κ3) is 4.18. The largest absolute Gasteiger partial charge is 0.493 e. The van der Waals surface area contributed by atoms with E-state index in [0.29, 0.717) is 17.1 Å². The Morgan fingerprint density at radius 1 is 0.846 bits per heavy atom. The summed E-state index contributed by atoms with van der Waals surface area (Å²) >= 11 is 1.61. The average Bonchev–Trinajstić information content (AvgIpc) is 2.69. The Morgan fingerprint density at radius 3 is 2.27 bits per heavy atom. The van der Waals surface area contributed by atoms with Crippen LogP contribution in [-0.4, -0.2) is 20.1 Å². The van der Waals surface area contributed by atoms with Gasteiger partial charge in [-0.3, -0.25) is 4.79 Å². The molecule has 0 saturated carbocycles. The number of anilines is 1. The van der Waals surface area contributed by atoms with Crippen molar-refractivity contribution >= 4 is 23.4 Å². The van der Waals surface area contributed by atoms with Crippen molar-refractivity contribution in [3.8, 4) is 11.5 Å². The highest BCUT2D eigenvalue weighted by Crippen LogP contribution is 2.34. The number of ether oxygens (including phenoxy) is 2. The molecule has 0 spiro atoms. The van der Waals surface area contributed by atoms with Crippen LogP contribution in [0, 0.1) is 0 Å². The Bertz CT molecular complexity index is 897. The normalized spacial score (nSPS) is 10.2. The van der Waals surface area contributed by atoms with Gasteiger partial charge in [-0.15, -0.1) is 0 Å². The van der Waals surface area contributed by atoms with Gasteiger partial charge in [0.05, 0.1) is 19.9 Å². The molecule has 0 unspecified atom stereocenters. The van der Waals surface area contributed by atoms with E-state index >= 15 is 0 Å². The van der Waals surface area contributed by atoms with Crippen LogP contribution in [0.2, 0.25) is 0 Å². The van der Waals surface area contributed by atoms with E-state index in [1.807, 2.05) is 54.6 Å². The number of para-hydroxylation sites is 1. The van der Waals surface area contributed by atoms with Crippen LogP contribution in [0.1, 0.15) is 10.4 Å². The lowest BCUT2D eigenvalue weighted by Gasteiger charge is -2.12. The van der Waals surface area contributed by atoms with Crippen molar-refractivity contribution in [3.05, 3.63) is 78.4 Å². The molecule has 1 N–H and O–H groups in total. The summed E-state index contributed by atoms with van der Waals surface area (Å²) in [5.41, 5.74) is 1.27. The molecule has 0 radical (unpaired) electrons. The third-order valence-corrected chi connectivity index (χ3v) is 4.84. The fraction of sp³-hybridized carbons (Fsp3) is 0.0952. The molecule has 0 atom stereocenters. The Morgan fingerprint density at radius 2 is 1.54 bits per heavy atom. The number of carbonyl (C=O) groups excluding carboxylic acids is 1. The maximum atomic E-state index is 12.7. The predicted molar refractivity (Wildman–Crippen MR) is 105 cm³/mol. The molecule has 0 aliphatic carbocycles. The standard InChI is InChI=1S/C21H19NO3S/c1-24-18-13-12-15(14-19(18)25-2)21(23)22-17-10-6-7-11-20(17)26-16-8-4-3-5-9-16/h3-14H,1-2H3,(H,22,23). The van der Waals surface area contributed by atoms with E-state index < -0.39 is 0 Å². The first-order chi connectivity index (χ1) is 12.7. The number of amides is 1. The van der Waals surface area contributed by atoms with Gasteiger partial charge >= 0.3 is 0 Å². The van der Waals surface area contributed by atoms with Gasteiger partial charge in [0.1, 0.15) is 0 Å². The number of carbonyl (C=O) groups is 1.